The summed E-state index contributed by atoms with van der Waals surface area (Å²) in [4.78, 5) is 25.7. The molecule has 5 heteroatoms. The third kappa shape index (κ3) is 2.81. The number of hydrogen-bond acceptors (Lipinski definition) is 4. The van der Waals surface area contributed by atoms with Crippen LogP contribution in [0.2, 0.25) is 0 Å². The summed E-state index contributed by atoms with van der Waals surface area (Å²) >= 11 is 0. The van der Waals surface area contributed by atoms with Gasteiger partial charge in [0.25, 0.3) is 5.91 Å². The fourth-order valence-electron chi connectivity index (χ4n) is 2.13. The van der Waals surface area contributed by atoms with E-state index < -0.39 is 0 Å². The number of methoxy groups -OCH3 is 2. The first-order valence-electron chi connectivity index (χ1n) is 6.53. The summed E-state index contributed by atoms with van der Waals surface area (Å²) in [6.07, 6.45) is 5.29. The van der Waals surface area contributed by atoms with Crippen LogP contribution in [0.1, 0.15) is 13.3 Å². The van der Waals surface area contributed by atoms with Gasteiger partial charge >= 0.3 is 0 Å². The third-order valence-corrected chi connectivity index (χ3v) is 3.19. The molecular weight excluding hydrogens is 270 g/mol. The highest BCUT2D eigenvalue weighted by Gasteiger charge is 2.36. The molecule has 1 aromatic rings. The lowest BCUT2D eigenvalue weighted by atomic mass is 10.2. The fourth-order valence-corrected chi connectivity index (χ4v) is 2.13. The summed E-state index contributed by atoms with van der Waals surface area (Å²) in [5.74, 6) is 0.397. The Kier molecular flexibility index (Phi) is 4.42. The van der Waals surface area contributed by atoms with Gasteiger partial charge in [0.1, 0.15) is 11.5 Å². The normalized spacial score (nSPS) is 17.1. The molecule has 0 aliphatic carbocycles. The Morgan fingerprint density at radius 2 is 1.95 bits per heavy atom. The number of anilines is 1. The summed E-state index contributed by atoms with van der Waals surface area (Å²) in [5, 5.41) is 0. The van der Waals surface area contributed by atoms with Crippen molar-refractivity contribution in [2.75, 3.05) is 19.1 Å². The zero-order chi connectivity index (χ0) is 15.4. The lowest BCUT2D eigenvalue weighted by Crippen LogP contribution is -2.29. The van der Waals surface area contributed by atoms with E-state index in [0.717, 1.165) is 4.90 Å². The van der Waals surface area contributed by atoms with Crippen LogP contribution in [0.15, 0.2) is 42.0 Å². The maximum Gasteiger partial charge on any atom is 0.261 e. The van der Waals surface area contributed by atoms with Gasteiger partial charge in [0.15, 0.2) is 0 Å². The smallest absolute Gasteiger partial charge is 0.261 e. The van der Waals surface area contributed by atoms with Crippen molar-refractivity contribution in [1.29, 1.82) is 0 Å². The maximum atomic E-state index is 12.4. The number of rotatable bonds is 4. The summed E-state index contributed by atoms with van der Waals surface area (Å²) < 4.78 is 10.4. The minimum Gasteiger partial charge on any atom is -0.497 e. The molecule has 0 N–H and O–H groups in total. The minimum atomic E-state index is -0.329. The lowest BCUT2D eigenvalue weighted by molar-refractivity contribution is -0.120. The monoisotopic (exact) mass is 287 g/mol. The minimum absolute atomic E-state index is 0.0868. The van der Waals surface area contributed by atoms with Crippen LogP contribution < -0.4 is 14.4 Å². The van der Waals surface area contributed by atoms with E-state index in [2.05, 4.69) is 0 Å². The van der Waals surface area contributed by atoms with Gasteiger partial charge in [-0.25, -0.2) is 4.90 Å². The molecule has 1 saturated heterocycles. The second-order valence-electron chi connectivity index (χ2n) is 4.47. The molecule has 1 fully saturated rings. The van der Waals surface area contributed by atoms with Crippen molar-refractivity contribution in [3.05, 3.63) is 42.0 Å². The number of carbonyl (C=O) groups is 2. The number of allylic oxidation sites excluding steroid dienone is 3. The van der Waals surface area contributed by atoms with Crippen LogP contribution in [0.25, 0.3) is 0 Å². The number of imide groups is 1. The van der Waals surface area contributed by atoms with Crippen molar-refractivity contribution in [2.24, 2.45) is 0 Å². The first kappa shape index (κ1) is 14.8. The van der Waals surface area contributed by atoms with Crippen molar-refractivity contribution in [1.82, 2.24) is 0 Å². The average molecular weight is 287 g/mol. The molecule has 2 amide bonds. The number of nitrogens with zero attached hydrogens (tertiary/aromatic N) is 1. The molecule has 1 aromatic carbocycles. The molecular formula is C16H17NO4. The van der Waals surface area contributed by atoms with E-state index in [9.17, 15) is 9.59 Å². The van der Waals surface area contributed by atoms with Gasteiger partial charge in [-0.05, 0) is 19.1 Å². The van der Waals surface area contributed by atoms with Crippen LogP contribution in [0.5, 0.6) is 11.5 Å². The molecule has 1 aliphatic rings. The van der Waals surface area contributed by atoms with E-state index >= 15 is 0 Å². The topological polar surface area (TPSA) is 55.8 Å². The molecule has 0 bridgehead atoms. The van der Waals surface area contributed by atoms with Crippen LogP contribution in [-0.4, -0.2) is 26.0 Å². The molecule has 110 valence electrons. The average Bonchev–Trinajstić information content (AvgIpc) is 2.78. The second kappa shape index (κ2) is 6.26. The molecule has 0 unspecified atom stereocenters. The first-order valence-corrected chi connectivity index (χ1v) is 6.53. The van der Waals surface area contributed by atoms with E-state index in [0.29, 0.717) is 22.8 Å². The number of carbonyl (C=O) groups excluding carboxylic acids is 2. The van der Waals surface area contributed by atoms with Crippen molar-refractivity contribution < 1.29 is 19.1 Å². The number of hydrogen-bond donors (Lipinski definition) is 0. The van der Waals surface area contributed by atoms with E-state index in [1.807, 2.05) is 6.92 Å². The zero-order valence-electron chi connectivity index (χ0n) is 12.3. The summed E-state index contributed by atoms with van der Waals surface area (Å²) in [7, 11) is 3.02. The van der Waals surface area contributed by atoms with Gasteiger partial charge in [0.05, 0.1) is 26.3 Å². The largest absolute Gasteiger partial charge is 0.497 e. The first-order chi connectivity index (χ1) is 10.1. The van der Waals surface area contributed by atoms with Crippen LogP contribution in [0.3, 0.4) is 0 Å². The zero-order valence-corrected chi connectivity index (χ0v) is 12.3. The van der Waals surface area contributed by atoms with Gasteiger partial charge in [-0.3, -0.25) is 9.59 Å². The van der Waals surface area contributed by atoms with E-state index in [4.69, 9.17) is 9.47 Å². The van der Waals surface area contributed by atoms with Gasteiger partial charge < -0.3 is 9.47 Å². The highest BCUT2D eigenvalue weighted by Crippen LogP contribution is 2.36. The Balaban J connectivity index is 2.46. The van der Waals surface area contributed by atoms with Crippen molar-refractivity contribution in [3.8, 4) is 11.5 Å². The van der Waals surface area contributed by atoms with Crippen LogP contribution in [-0.2, 0) is 9.59 Å². The Labute approximate surface area is 123 Å². The molecule has 21 heavy (non-hydrogen) atoms. The maximum absolute atomic E-state index is 12.4. The third-order valence-electron chi connectivity index (χ3n) is 3.19. The molecule has 0 saturated carbocycles. The summed E-state index contributed by atoms with van der Waals surface area (Å²) in [6, 6.07) is 5.00. The summed E-state index contributed by atoms with van der Waals surface area (Å²) in [5.41, 5.74) is 0.860. The predicted molar refractivity (Wildman–Crippen MR) is 79.6 cm³/mol. The number of ether oxygens (including phenoxy) is 2. The standard InChI is InChI=1S/C16H17NO4/c1-4-5-6-11-9-15(18)17(16(11)19)13-10-12(20-2)7-8-14(13)21-3/h4-8,10H,9H2,1-3H3. The van der Waals surface area contributed by atoms with E-state index in [1.54, 1.807) is 36.4 Å². The van der Waals surface area contributed by atoms with Gasteiger partial charge in [0.2, 0.25) is 5.91 Å². The highest BCUT2D eigenvalue weighted by molar-refractivity contribution is 6.28. The van der Waals surface area contributed by atoms with E-state index in [1.165, 1.54) is 14.2 Å². The number of benzene rings is 1. The molecule has 0 atom stereocenters. The van der Waals surface area contributed by atoms with E-state index in [-0.39, 0.29) is 18.2 Å². The second-order valence-corrected chi connectivity index (χ2v) is 4.47. The lowest BCUT2D eigenvalue weighted by Gasteiger charge is -2.17. The van der Waals surface area contributed by atoms with Gasteiger partial charge in [0, 0.05) is 11.6 Å². The molecule has 1 heterocycles. The highest BCUT2D eigenvalue weighted by atomic mass is 16.5. The molecule has 5 nitrogen and oxygen atoms in total. The Hall–Kier alpha value is -2.56. The molecule has 0 aromatic heterocycles. The molecule has 2 rings (SSSR count). The predicted octanol–water partition coefficient (Wildman–Crippen LogP) is 2.47. The van der Waals surface area contributed by atoms with Gasteiger partial charge in [-0.2, -0.15) is 0 Å². The molecule has 1 aliphatic heterocycles. The van der Waals surface area contributed by atoms with Crippen LogP contribution >= 0.6 is 0 Å². The quantitative estimate of drug-likeness (QED) is 0.630. The van der Waals surface area contributed by atoms with Crippen LogP contribution in [0.4, 0.5) is 5.69 Å². The summed E-state index contributed by atoms with van der Waals surface area (Å²) in [6.45, 7) is 1.85. The van der Waals surface area contributed by atoms with Crippen molar-refractivity contribution in [2.45, 2.75) is 13.3 Å². The Bertz CT molecular complexity index is 631. The fraction of sp³-hybridized carbons (Fsp3) is 0.250. The van der Waals surface area contributed by atoms with Gasteiger partial charge in [-0.15, -0.1) is 0 Å². The van der Waals surface area contributed by atoms with Crippen LogP contribution in [0, 0.1) is 0 Å². The Morgan fingerprint density at radius 1 is 1.19 bits per heavy atom. The molecule has 0 radical (unpaired) electrons. The van der Waals surface area contributed by atoms with Crippen molar-refractivity contribution in [3.63, 3.8) is 0 Å². The van der Waals surface area contributed by atoms with Gasteiger partial charge in [-0.1, -0.05) is 18.2 Å². The Morgan fingerprint density at radius 3 is 2.57 bits per heavy atom. The van der Waals surface area contributed by atoms with Crippen molar-refractivity contribution >= 4 is 17.5 Å². The molecule has 0 spiro atoms. The number of amides is 2. The SMILES string of the molecule is CC=CC=C1CC(=O)N(c2cc(OC)ccc2OC)C1=O.